The van der Waals surface area contributed by atoms with Gasteiger partial charge in [0.25, 0.3) is 0 Å². The monoisotopic (exact) mass is 259 g/mol. The number of hydrogen-bond donors (Lipinski definition) is 1. The lowest BCUT2D eigenvalue weighted by Crippen LogP contribution is -2.09. The van der Waals surface area contributed by atoms with Crippen molar-refractivity contribution in [3.63, 3.8) is 0 Å². The number of anilines is 1. The van der Waals surface area contributed by atoms with Crippen molar-refractivity contribution in [1.29, 1.82) is 0 Å². The summed E-state index contributed by atoms with van der Waals surface area (Å²) in [6, 6.07) is 10.3. The molecule has 4 heteroatoms. The van der Waals surface area contributed by atoms with E-state index in [-0.39, 0.29) is 0 Å². The first-order valence-corrected chi connectivity index (χ1v) is 6.75. The highest BCUT2D eigenvalue weighted by Gasteiger charge is 2.04. The standard InChI is InChI=1S/C15H21N3O/c1-3-18-14(9-10-17-18)11-16-15-8-6-5-7-13(15)12-19-4-2/h5-10,16H,3-4,11-12H2,1-2H3. The fourth-order valence-electron chi connectivity index (χ4n) is 2.01. The molecule has 0 saturated carbocycles. The fraction of sp³-hybridized carbons (Fsp3) is 0.400. The molecular weight excluding hydrogens is 238 g/mol. The second kappa shape index (κ2) is 6.95. The van der Waals surface area contributed by atoms with E-state index < -0.39 is 0 Å². The van der Waals surface area contributed by atoms with Gasteiger partial charge in [-0.1, -0.05) is 18.2 Å². The molecule has 0 aliphatic carbocycles. The van der Waals surface area contributed by atoms with Gasteiger partial charge in [0.05, 0.1) is 18.8 Å². The van der Waals surface area contributed by atoms with Gasteiger partial charge in [-0.05, 0) is 26.0 Å². The van der Waals surface area contributed by atoms with Crippen LogP contribution in [0.4, 0.5) is 5.69 Å². The van der Waals surface area contributed by atoms with Crippen LogP contribution in [0.1, 0.15) is 25.1 Å². The fourth-order valence-corrected chi connectivity index (χ4v) is 2.01. The molecule has 0 unspecified atom stereocenters. The SMILES string of the molecule is CCOCc1ccccc1NCc1ccnn1CC. The van der Waals surface area contributed by atoms with Gasteiger partial charge in [-0.15, -0.1) is 0 Å². The Kier molecular flexibility index (Phi) is 4.98. The molecule has 0 radical (unpaired) electrons. The smallest absolute Gasteiger partial charge is 0.0736 e. The Balaban J connectivity index is 2.02. The first-order chi connectivity index (χ1) is 9.35. The average Bonchev–Trinajstić information content (AvgIpc) is 2.91. The predicted molar refractivity (Wildman–Crippen MR) is 77.0 cm³/mol. The van der Waals surface area contributed by atoms with Gasteiger partial charge in [0, 0.05) is 30.6 Å². The number of nitrogens with one attached hydrogen (secondary N) is 1. The van der Waals surface area contributed by atoms with Crippen LogP contribution in [-0.4, -0.2) is 16.4 Å². The van der Waals surface area contributed by atoms with Crippen LogP contribution in [-0.2, 0) is 24.4 Å². The molecule has 0 aliphatic rings. The molecule has 0 fully saturated rings. The molecule has 0 aliphatic heterocycles. The van der Waals surface area contributed by atoms with Crippen LogP contribution in [0.2, 0.25) is 0 Å². The van der Waals surface area contributed by atoms with E-state index in [0.29, 0.717) is 6.61 Å². The zero-order chi connectivity index (χ0) is 13.5. The van der Waals surface area contributed by atoms with Gasteiger partial charge in [-0.2, -0.15) is 5.10 Å². The minimum absolute atomic E-state index is 0.646. The third-order valence-corrected chi connectivity index (χ3v) is 3.04. The Morgan fingerprint density at radius 3 is 2.84 bits per heavy atom. The van der Waals surface area contributed by atoms with Gasteiger partial charge >= 0.3 is 0 Å². The van der Waals surface area contributed by atoms with E-state index in [2.05, 4.69) is 29.5 Å². The number of benzene rings is 1. The van der Waals surface area contributed by atoms with Crippen molar-refractivity contribution in [2.45, 2.75) is 33.5 Å². The molecule has 0 saturated heterocycles. The van der Waals surface area contributed by atoms with Crippen molar-refractivity contribution < 1.29 is 4.74 Å². The topological polar surface area (TPSA) is 39.1 Å². The van der Waals surface area contributed by atoms with Crippen LogP contribution in [0.25, 0.3) is 0 Å². The number of aryl methyl sites for hydroxylation is 1. The Labute approximate surface area is 114 Å². The van der Waals surface area contributed by atoms with Crippen molar-refractivity contribution in [3.05, 3.63) is 47.8 Å². The molecule has 0 bridgehead atoms. The molecular formula is C15H21N3O. The van der Waals surface area contributed by atoms with Crippen molar-refractivity contribution in [2.24, 2.45) is 0 Å². The normalized spacial score (nSPS) is 10.6. The van der Waals surface area contributed by atoms with Crippen LogP contribution >= 0.6 is 0 Å². The Morgan fingerprint density at radius 2 is 2.05 bits per heavy atom. The van der Waals surface area contributed by atoms with Crippen LogP contribution in [0.15, 0.2) is 36.5 Å². The van der Waals surface area contributed by atoms with E-state index in [1.165, 1.54) is 11.3 Å². The molecule has 1 heterocycles. The van der Waals surface area contributed by atoms with Crippen molar-refractivity contribution in [2.75, 3.05) is 11.9 Å². The maximum Gasteiger partial charge on any atom is 0.0736 e. The van der Waals surface area contributed by atoms with Gasteiger partial charge in [0.1, 0.15) is 0 Å². The first-order valence-electron chi connectivity index (χ1n) is 6.75. The van der Waals surface area contributed by atoms with E-state index in [9.17, 15) is 0 Å². The second-order valence-electron chi connectivity index (χ2n) is 4.29. The quantitative estimate of drug-likeness (QED) is 0.830. The zero-order valence-electron chi connectivity index (χ0n) is 11.6. The number of aromatic nitrogens is 2. The minimum atomic E-state index is 0.646. The van der Waals surface area contributed by atoms with E-state index in [1.54, 1.807) is 0 Å². The molecule has 1 N–H and O–H groups in total. The van der Waals surface area contributed by atoms with Crippen molar-refractivity contribution in [3.8, 4) is 0 Å². The Hall–Kier alpha value is -1.81. The number of para-hydroxylation sites is 1. The lowest BCUT2D eigenvalue weighted by atomic mass is 10.2. The van der Waals surface area contributed by atoms with Gasteiger partial charge in [-0.3, -0.25) is 4.68 Å². The van der Waals surface area contributed by atoms with Gasteiger partial charge < -0.3 is 10.1 Å². The highest BCUT2D eigenvalue weighted by atomic mass is 16.5. The molecule has 2 rings (SSSR count). The van der Waals surface area contributed by atoms with E-state index in [4.69, 9.17) is 4.74 Å². The molecule has 19 heavy (non-hydrogen) atoms. The van der Waals surface area contributed by atoms with Crippen LogP contribution in [0, 0.1) is 0 Å². The Bertz CT molecular complexity index is 508. The average molecular weight is 259 g/mol. The summed E-state index contributed by atoms with van der Waals surface area (Å²) in [5.41, 5.74) is 3.50. The first kappa shape index (κ1) is 13.6. The third kappa shape index (κ3) is 3.58. The molecule has 1 aromatic carbocycles. The van der Waals surface area contributed by atoms with Crippen molar-refractivity contribution >= 4 is 5.69 Å². The molecule has 0 atom stereocenters. The van der Waals surface area contributed by atoms with E-state index in [1.807, 2.05) is 36.0 Å². The summed E-state index contributed by atoms with van der Waals surface area (Å²) in [6.45, 7) is 7.15. The number of ether oxygens (including phenoxy) is 1. The summed E-state index contributed by atoms with van der Waals surface area (Å²) in [6.07, 6.45) is 1.84. The summed E-state index contributed by atoms with van der Waals surface area (Å²) in [4.78, 5) is 0. The summed E-state index contributed by atoms with van der Waals surface area (Å²) in [5, 5.41) is 7.73. The summed E-state index contributed by atoms with van der Waals surface area (Å²) < 4.78 is 7.48. The van der Waals surface area contributed by atoms with Gasteiger partial charge in [0.15, 0.2) is 0 Å². The number of nitrogens with zero attached hydrogens (tertiary/aromatic N) is 2. The summed E-state index contributed by atoms with van der Waals surface area (Å²) in [7, 11) is 0. The predicted octanol–water partition coefficient (Wildman–Crippen LogP) is 3.05. The molecule has 1 aromatic heterocycles. The molecule has 4 nitrogen and oxygen atoms in total. The highest BCUT2D eigenvalue weighted by Crippen LogP contribution is 2.17. The number of hydrogen-bond acceptors (Lipinski definition) is 3. The summed E-state index contributed by atoms with van der Waals surface area (Å²) in [5.74, 6) is 0. The van der Waals surface area contributed by atoms with Crippen LogP contribution < -0.4 is 5.32 Å². The minimum Gasteiger partial charge on any atom is -0.379 e. The highest BCUT2D eigenvalue weighted by molar-refractivity contribution is 5.50. The molecule has 102 valence electrons. The molecule has 2 aromatic rings. The lowest BCUT2D eigenvalue weighted by molar-refractivity contribution is 0.134. The summed E-state index contributed by atoms with van der Waals surface area (Å²) >= 11 is 0. The maximum atomic E-state index is 5.48. The zero-order valence-corrected chi connectivity index (χ0v) is 11.6. The van der Waals surface area contributed by atoms with Gasteiger partial charge in [0.2, 0.25) is 0 Å². The molecule has 0 amide bonds. The van der Waals surface area contributed by atoms with Crippen LogP contribution in [0.5, 0.6) is 0 Å². The third-order valence-electron chi connectivity index (χ3n) is 3.04. The lowest BCUT2D eigenvalue weighted by Gasteiger charge is -2.12. The van der Waals surface area contributed by atoms with Crippen molar-refractivity contribution in [1.82, 2.24) is 9.78 Å². The second-order valence-corrected chi connectivity index (χ2v) is 4.29. The largest absolute Gasteiger partial charge is 0.379 e. The van der Waals surface area contributed by atoms with E-state index in [0.717, 1.165) is 25.4 Å². The Morgan fingerprint density at radius 1 is 1.21 bits per heavy atom. The van der Waals surface area contributed by atoms with Gasteiger partial charge in [-0.25, -0.2) is 0 Å². The van der Waals surface area contributed by atoms with E-state index >= 15 is 0 Å². The van der Waals surface area contributed by atoms with Crippen LogP contribution in [0.3, 0.4) is 0 Å². The number of rotatable bonds is 7. The maximum absolute atomic E-state index is 5.48. The molecule has 0 spiro atoms.